The van der Waals surface area contributed by atoms with Gasteiger partial charge in [-0.2, -0.15) is 0 Å². The highest BCUT2D eigenvalue weighted by atomic mass is 16.5. The van der Waals surface area contributed by atoms with Gasteiger partial charge in [0.05, 0.1) is 19.8 Å². The molecule has 4 aromatic rings. The molecule has 0 heterocycles. The van der Waals surface area contributed by atoms with E-state index in [1.165, 1.54) is 7.11 Å². The van der Waals surface area contributed by atoms with E-state index in [0.29, 0.717) is 29.7 Å². The molecule has 0 aromatic heterocycles. The minimum absolute atomic E-state index is 0.0798. The molecule has 4 rings (SSSR count). The van der Waals surface area contributed by atoms with E-state index in [4.69, 9.17) is 9.47 Å². The molecule has 0 fully saturated rings. The first kappa shape index (κ1) is 24.8. The molecule has 0 bridgehead atoms. The van der Waals surface area contributed by atoms with Gasteiger partial charge in [-0.15, -0.1) is 0 Å². The molecule has 0 saturated carbocycles. The third kappa shape index (κ3) is 4.75. The van der Waals surface area contributed by atoms with Gasteiger partial charge < -0.3 is 29.9 Å². The molecule has 0 aliphatic carbocycles. The van der Waals surface area contributed by atoms with Crippen molar-refractivity contribution in [2.45, 2.75) is 26.7 Å². The van der Waals surface area contributed by atoms with E-state index in [0.717, 1.165) is 27.8 Å². The number of rotatable bonds is 7. The van der Waals surface area contributed by atoms with Gasteiger partial charge >= 0.3 is 0 Å². The van der Waals surface area contributed by atoms with Crippen LogP contribution in [0.15, 0.2) is 60.7 Å². The normalized spacial score (nSPS) is 10.9. The van der Waals surface area contributed by atoms with Gasteiger partial charge in [0, 0.05) is 12.0 Å². The summed E-state index contributed by atoms with van der Waals surface area (Å²) >= 11 is 0. The van der Waals surface area contributed by atoms with Gasteiger partial charge in [-0.3, -0.25) is 0 Å². The average Bonchev–Trinajstić information content (AvgIpc) is 2.86. The molecule has 0 spiro atoms. The second-order valence-corrected chi connectivity index (χ2v) is 8.86. The molecule has 186 valence electrons. The summed E-state index contributed by atoms with van der Waals surface area (Å²) in [6.07, 6.45) is 0.848. The van der Waals surface area contributed by atoms with E-state index >= 15 is 0 Å². The van der Waals surface area contributed by atoms with Crippen LogP contribution in [0.5, 0.6) is 34.5 Å². The first-order valence-corrected chi connectivity index (χ1v) is 11.6. The smallest absolute Gasteiger partial charge is 0.169 e. The van der Waals surface area contributed by atoms with E-state index in [2.05, 4.69) is 0 Å². The first-order valence-electron chi connectivity index (χ1n) is 11.6. The molecular weight excluding hydrogens is 456 g/mol. The maximum atomic E-state index is 11.3. The lowest BCUT2D eigenvalue weighted by Gasteiger charge is -2.18. The highest BCUT2D eigenvalue weighted by molar-refractivity contribution is 5.82. The van der Waals surface area contributed by atoms with Crippen molar-refractivity contribution >= 4 is 0 Å². The maximum Gasteiger partial charge on any atom is 0.169 e. The summed E-state index contributed by atoms with van der Waals surface area (Å²) in [5.41, 5.74) is 5.52. The van der Waals surface area contributed by atoms with Crippen LogP contribution in [-0.4, -0.2) is 34.6 Å². The van der Waals surface area contributed by atoms with Gasteiger partial charge in [0.1, 0.15) is 23.0 Å². The van der Waals surface area contributed by atoms with Gasteiger partial charge in [0.15, 0.2) is 11.5 Å². The Morgan fingerprint density at radius 3 is 1.83 bits per heavy atom. The van der Waals surface area contributed by atoms with Gasteiger partial charge in [-0.05, 0) is 84.0 Å². The lowest BCUT2D eigenvalue weighted by molar-refractivity contribution is 0.370. The summed E-state index contributed by atoms with van der Waals surface area (Å²) in [7, 11) is 3.02. The summed E-state index contributed by atoms with van der Waals surface area (Å²) in [4.78, 5) is 0. The summed E-state index contributed by atoms with van der Waals surface area (Å²) in [6, 6.07) is 17.8. The second-order valence-electron chi connectivity index (χ2n) is 8.86. The second kappa shape index (κ2) is 10.1. The Balaban J connectivity index is 1.85. The summed E-state index contributed by atoms with van der Waals surface area (Å²) in [6.45, 7) is 3.68. The van der Waals surface area contributed by atoms with Crippen molar-refractivity contribution in [3.8, 4) is 45.6 Å². The summed E-state index contributed by atoms with van der Waals surface area (Å²) in [5.74, 6) is 0.933. The lowest BCUT2D eigenvalue weighted by Crippen LogP contribution is -1.98. The summed E-state index contributed by atoms with van der Waals surface area (Å²) in [5, 5.41) is 42.6. The van der Waals surface area contributed by atoms with Crippen LogP contribution >= 0.6 is 0 Å². The van der Waals surface area contributed by atoms with Gasteiger partial charge in [-0.25, -0.2) is 0 Å². The van der Waals surface area contributed by atoms with Crippen LogP contribution in [0.1, 0.15) is 33.4 Å². The average molecular weight is 487 g/mol. The maximum absolute atomic E-state index is 11.3. The van der Waals surface area contributed by atoms with Gasteiger partial charge in [0.2, 0.25) is 0 Å². The van der Waals surface area contributed by atoms with Crippen molar-refractivity contribution in [2.75, 3.05) is 14.2 Å². The predicted octanol–water partition coefficient (Wildman–Crippen LogP) is 5.99. The van der Waals surface area contributed by atoms with Crippen LogP contribution in [0.25, 0.3) is 11.1 Å². The predicted molar refractivity (Wildman–Crippen MR) is 140 cm³/mol. The van der Waals surface area contributed by atoms with Gasteiger partial charge in [0.25, 0.3) is 0 Å². The molecule has 0 radical (unpaired) electrons. The first-order chi connectivity index (χ1) is 17.2. The van der Waals surface area contributed by atoms with E-state index in [9.17, 15) is 20.4 Å². The lowest BCUT2D eigenvalue weighted by atomic mass is 9.92. The third-order valence-electron chi connectivity index (χ3n) is 6.64. The van der Waals surface area contributed by atoms with Crippen molar-refractivity contribution in [1.82, 2.24) is 0 Å². The van der Waals surface area contributed by atoms with E-state index in [1.54, 1.807) is 43.5 Å². The number of hydrogen-bond donors (Lipinski definition) is 4. The Morgan fingerprint density at radius 1 is 0.639 bits per heavy atom. The van der Waals surface area contributed by atoms with E-state index < -0.39 is 0 Å². The Labute approximate surface area is 210 Å². The number of phenols is 4. The molecule has 0 aliphatic rings. The molecule has 0 aliphatic heterocycles. The molecule has 0 atom stereocenters. The zero-order valence-electron chi connectivity index (χ0n) is 20.8. The number of phenolic OH excluding ortho intramolecular Hbond substituents is 4. The van der Waals surface area contributed by atoms with Crippen LogP contribution in [0.4, 0.5) is 0 Å². The zero-order valence-corrected chi connectivity index (χ0v) is 20.8. The SMILES string of the molecule is COc1cc(Cc2cccc(O)c2C)cc(-c2c(O)c(Cc3cccc(O)c3C)cc(OC)c2O)c1. The number of ether oxygens (including phenoxy) is 2. The number of hydrogen-bond acceptors (Lipinski definition) is 6. The quantitative estimate of drug-likeness (QED) is 0.256. The fourth-order valence-corrected chi connectivity index (χ4v) is 4.43. The molecule has 6 heteroatoms. The van der Waals surface area contributed by atoms with Crippen LogP contribution in [0, 0.1) is 13.8 Å². The molecule has 0 unspecified atom stereocenters. The zero-order chi connectivity index (χ0) is 26.0. The number of aromatic hydroxyl groups is 4. The molecule has 0 saturated heterocycles. The fraction of sp³-hybridized carbons (Fsp3) is 0.200. The Kier molecular flexibility index (Phi) is 6.97. The summed E-state index contributed by atoms with van der Waals surface area (Å²) < 4.78 is 11.0. The minimum Gasteiger partial charge on any atom is -0.508 e. The van der Waals surface area contributed by atoms with Crippen LogP contribution < -0.4 is 9.47 Å². The van der Waals surface area contributed by atoms with Crippen LogP contribution in [-0.2, 0) is 12.8 Å². The standard InChI is InChI=1S/C30H30O6/c1-17-20(7-5-9-25(17)31)11-19-12-22(15-24(13-19)35-3)28-29(33)23(16-27(36-4)30(28)34)14-21-8-6-10-26(32)18(21)2/h5-10,12-13,15-16,31-34H,11,14H2,1-4H3. The molecule has 4 N–H and O–H groups in total. The van der Waals surface area contributed by atoms with Gasteiger partial charge in [-0.1, -0.05) is 30.3 Å². The largest absolute Gasteiger partial charge is 0.508 e. The molecular formula is C30H30O6. The number of methoxy groups -OCH3 is 2. The highest BCUT2D eigenvalue weighted by Crippen LogP contribution is 2.47. The van der Waals surface area contributed by atoms with Crippen molar-refractivity contribution in [3.63, 3.8) is 0 Å². The van der Waals surface area contributed by atoms with Crippen LogP contribution in [0.2, 0.25) is 0 Å². The van der Waals surface area contributed by atoms with Crippen molar-refractivity contribution < 1.29 is 29.9 Å². The topological polar surface area (TPSA) is 99.4 Å². The fourth-order valence-electron chi connectivity index (χ4n) is 4.43. The molecule has 4 aromatic carbocycles. The van der Waals surface area contributed by atoms with Crippen LogP contribution in [0.3, 0.4) is 0 Å². The highest BCUT2D eigenvalue weighted by Gasteiger charge is 2.22. The molecule has 36 heavy (non-hydrogen) atoms. The van der Waals surface area contributed by atoms with Crippen molar-refractivity contribution in [3.05, 3.63) is 94.0 Å². The number of benzene rings is 4. The molecule has 6 nitrogen and oxygen atoms in total. The van der Waals surface area contributed by atoms with Crippen molar-refractivity contribution in [2.24, 2.45) is 0 Å². The Bertz CT molecular complexity index is 1420. The monoisotopic (exact) mass is 486 g/mol. The third-order valence-corrected chi connectivity index (χ3v) is 6.64. The van der Waals surface area contributed by atoms with E-state index in [1.807, 2.05) is 38.1 Å². The molecule has 0 amide bonds. The Morgan fingerprint density at radius 2 is 1.25 bits per heavy atom. The van der Waals surface area contributed by atoms with E-state index in [-0.39, 0.29) is 34.3 Å². The minimum atomic E-state index is -0.181. The van der Waals surface area contributed by atoms with Crippen molar-refractivity contribution in [1.29, 1.82) is 0 Å². The Hall–Kier alpha value is -4.32.